The summed E-state index contributed by atoms with van der Waals surface area (Å²) in [4.78, 5) is 0. The van der Waals surface area contributed by atoms with E-state index in [0.29, 0.717) is 0 Å². The van der Waals surface area contributed by atoms with Gasteiger partial charge in [0, 0.05) is 4.70 Å². The first-order valence-electron chi connectivity index (χ1n) is 5.17. The molecule has 77 valence electrons. The van der Waals surface area contributed by atoms with Crippen molar-refractivity contribution in [1.82, 2.24) is 5.32 Å². The first-order chi connectivity index (χ1) is 7.92. The highest BCUT2D eigenvalue weighted by molar-refractivity contribution is 7.22. The highest BCUT2D eigenvalue weighted by Crippen LogP contribution is 2.31. The second-order valence-electron chi connectivity index (χ2n) is 3.57. The monoisotopic (exact) mass is 224 g/mol. The molecule has 0 spiro atoms. The number of benzene rings is 2. The van der Waals surface area contributed by atoms with E-state index in [2.05, 4.69) is 35.6 Å². The van der Waals surface area contributed by atoms with E-state index in [0.717, 1.165) is 10.7 Å². The second kappa shape index (κ2) is 3.99. The molecule has 0 aliphatic rings. The Hall–Kier alpha value is -1.80. The van der Waals surface area contributed by atoms with Gasteiger partial charge in [0.15, 0.2) is 0 Å². The summed E-state index contributed by atoms with van der Waals surface area (Å²) in [5, 5.41) is 6.93. The van der Waals surface area contributed by atoms with Crippen LogP contribution >= 0.6 is 11.3 Å². The Kier molecular flexibility index (Phi) is 2.35. The lowest BCUT2D eigenvalue weighted by Gasteiger charge is -1.97. The van der Waals surface area contributed by atoms with Crippen molar-refractivity contribution in [1.29, 1.82) is 0 Å². The number of hydrogen-bond acceptors (Lipinski definition) is 1. The number of thiophene rings is 1. The zero-order chi connectivity index (χ0) is 10.8. The van der Waals surface area contributed by atoms with Gasteiger partial charge in [-0.3, -0.25) is 0 Å². The lowest BCUT2D eigenvalue weighted by atomic mass is 10.3. The van der Waals surface area contributed by atoms with Crippen LogP contribution in [0.5, 0.6) is 0 Å². The van der Waals surface area contributed by atoms with Crippen molar-refractivity contribution in [3.8, 4) is 0 Å². The van der Waals surface area contributed by atoms with Crippen molar-refractivity contribution in [3.63, 3.8) is 0 Å². The quantitative estimate of drug-likeness (QED) is 0.609. The van der Waals surface area contributed by atoms with Crippen LogP contribution in [-0.2, 0) is 0 Å². The fraction of sp³-hybridized carbons (Fsp3) is 0. The molecule has 0 amide bonds. The van der Waals surface area contributed by atoms with Gasteiger partial charge in [0.05, 0.1) is 5.69 Å². The van der Waals surface area contributed by atoms with Gasteiger partial charge in [0.2, 0.25) is 0 Å². The summed E-state index contributed by atoms with van der Waals surface area (Å²) < 4.78 is 1.29. The number of fused-ring (bicyclic) bond motifs is 1. The summed E-state index contributed by atoms with van der Waals surface area (Å²) in [5.74, 6) is 0. The fourth-order valence-corrected chi connectivity index (χ4v) is 2.61. The Labute approximate surface area is 98.4 Å². The second-order valence-corrected chi connectivity index (χ2v) is 4.63. The van der Waals surface area contributed by atoms with E-state index in [1.54, 1.807) is 11.3 Å². The number of para-hydroxylation sites is 1. The van der Waals surface area contributed by atoms with Gasteiger partial charge in [-0.2, -0.15) is 0 Å². The summed E-state index contributed by atoms with van der Waals surface area (Å²) >= 11 is 1.73. The third-order valence-corrected chi connectivity index (χ3v) is 3.42. The molecule has 1 aromatic heterocycles. The van der Waals surface area contributed by atoms with Gasteiger partial charge in [-0.05, 0) is 29.7 Å². The lowest BCUT2D eigenvalue weighted by molar-refractivity contribution is 1.22. The van der Waals surface area contributed by atoms with Crippen molar-refractivity contribution in [2.75, 3.05) is 0 Å². The predicted molar refractivity (Wildman–Crippen MR) is 69.7 cm³/mol. The molecule has 0 N–H and O–H groups in total. The first-order valence-corrected chi connectivity index (χ1v) is 5.99. The van der Waals surface area contributed by atoms with E-state index in [9.17, 15) is 0 Å². The predicted octanol–water partition coefficient (Wildman–Crippen LogP) is 4.47. The maximum Gasteiger partial charge on any atom is 0.117 e. The SMILES string of the molecule is c1ccc([N]c2cc3ccccc3s2)cc1. The van der Waals surface area contributed by atoms with Crippen LogP contribution in [0.4, 0.5) is 10.7 Å². The van der Waals surface area contributed by atoms with E-state index < -0.39 is 0 Å². The minimum Gasteiger partial charge on any atom is -0.238 e. The van der Waals surface area contributed by atoms with E-state index in [-0.39, 0.29) is 0 Å². The summed E-state index contributed by atoms with van der Waals surface area (Å²) in [5.41, 5.74) is 1.01. The van der Waals surface area contributed by atoms with Crippen molar-refractivity contribution in [3.05, 3.63) is 60.7 Å². The van der Waals surface area contributed by atoms with Crippen LogP contribution in [-0.4, -0.2) is 0 Å². The summed E-state index contributed by atoms with van der Waals surface area (Å²) in [6.45, 7) is 0. The van der Waals surface area contributed by atoms with E-state index in [1.165, 1.54) is 10.1 Å². The molecule has 3 rings (SSSR count). The van der Waals surface area contributed by atoms with Gasteiger partial charge in [-0.25, -0.2) is 5.32 Å². The molecule has 1 nitrogen and oxygen atoms in total. The molecular weight excluding hydrogens is 214 g/mol. The third-order valence-electron chi connectivity index (χ3n) is 2.41. The Morgan fingerprint density at radius 3 is 2.38 bits per heavy atom. The molecule has 0 aliphatic carbocycles. The maximum atomic E-state index is 4.60. The Bertz CT molecular complexity index is 565. The van der Waals surface area contributed by atoms with Crippen molar-refractivity contribution < 1.29 is 0 Å². The van der Waals surface area contributed by atoms with Crippen LogP contribution in [0.2, 0.25) is 0 Å². The zero-order valence-corrected chi connectivity index (χ0v) is 9.45. The highest BCUT2D eigenvalue weighted by Gasteiger charge is 2.02. The first kappa shape index (κ1) is 9.43. The third kappa shape index (κ3) is 1.79. The molecule has 2 heteroatoms. The molecular formula is C14H10NS. The van der Waals surface area contributed by atoms with Crippen molar-refractivity contribution in [2.24, 2.45) is 0 Å². The average molecular weight is 224 g/mol. The molecule has 0 unspecified atom stereocenters. The standard InChI is InChI=1S/C14H10NS/c1-2-7-12(8-3-1)15-14-10-11-6-4-5-9-13(11)16-14/h1-10H. The molecule has 0 atom stereocenters. The number of hydrogen-bond donors (Lipinski definition) is 0. The van der Waals surface area contributed by atoms with E-state index in [4.69, 9.17) is 0 Å². The highest BCUT2D eigenvalue weighted by atomic mass is 32.1. The van der Waals surface area contributed by atoms with Crippen LogP contribution in [0, 0.1) is 0 Å². The Morgan fingerprint density at radius 2 is 1.56 bits per heavy atom. The number of nitrogens with zero attached hydrogens (tertiary/aromatic N) is 1. The smallest absolute Gasteiger partial charge is 0.117 e. The normalized spacial score (nSPS) is 10.5. The van der Waals surface area contributed by atoms with Gasteiger partial charge in [0.25, 0.3) is 0 Å². The minimum atomic E-state index is 1.01. The van der Waals surface area contributed by atoms with Crippen LogP contribution in [0.1, 0.15) is 0 Å². The lowest BCUT2D eigenvalue weighted by Crippen LogP contribution is -1.83. The Morgan fingerprint density at radius 1 is 0.812 bits per heavy atom. The van der Waals surface area contributed by atoms with Crippen LogP contribution < -0.4 is 5.32 Å². The summed E-state index contributed by atoms with van der Waals surface area (Å²) in [6, 6.07) is 20.6. The summed E-state index contributed by atoms with van der Waals surface area (Å²) in [7, 11) is 0. The van der Waals surface area contributed by atoms with Crippen molar-refractivity contribution in [2.45, 2.75) is 0 Å². The molecule has 1 radical (unpaired) electrons. The molecule has 0 fully saturated rings. The number of rotatable bonds is 2. The average Bonchev–Trinajstić information content (AvgIpc) is 2.72. The van der Waals surface area contributed by atoms with E-state index in [1.807, 2.05) is 30.3 Å². The molecule has 1 heterocycles. The van der Waals surface area contributed by atoms with Gasteiger partial charge < -0.3 is 0 Å². The van der Waals surface area contributed by atoms with Gasteiger partial charge in [-0.1, -0.05) is 36.4 Å². The minimum absolute atomic E-state index is 1.01. The molecule has 3 aromatic rings. The van der Waals surface area contributed by atoms with Gasteiger partial charge in [-0.15, -0.1) is 11.3 Å². The molecule has 0 bridgehead atoms. The van der Waals surface area contributed by atoms with Gasteiger partial charge >= 0.3 is 0 Å². The maximum absolute atomic E-state index is 4.60. The Balaban J connectivity index is 1.95. The summed E-state index contributed by atoms with van der Waals surface area (Å²) in [6.07, 6.45) is 0. The molecule has 16 heavy (non-hydrogen) atoms. The van der Waals surface area contributed by atoms with Crippen LogP contribution in [0.25, 0.3) is 10.1 Å². The fourth-order valence-electron chi connectivity index (χ4n) is 1.65. The van der Waals surface area contributed by atoms with Gasteiger partial charge in [0.1, 0.15) is 5.00 Å². The zero-order valence-electron chi connectivity index (χ0n) is 8.63. The molecule has 0 saturated heterocycles. The van der Waals surface area contributed by atoms with Crippen molar-refractivity contribution >= 4 is 32.1 Å². The van der Waals surface area contributed by atoms with E-state index >= 15 is 0 Å². The van der Waals surface area contributed by atoms with Crippen LogP contribution in [0.15, 0.2) is 60.7 Å². The molecule has 2 aromatic carbocycles. The topological polar surface area (TPSA) is 14.1 Å². The largest absolute Gasteiger partial charge is 0.238 e. The van der Waals surface area contributed by atoms with Crippen LogP contribution in [0.3, 0.4) is 0 Å². The molecule has 0 saturated carbocycles. The molecule has 0 aliphatic heterocycles.